The van der Waals surface area contributed by atoms with Crippen LogP contribution in [0.5, 0.6) is 0 Å². The van der Waals surface area contributed by atoms with E-state index in [4.69, 9.17) is 0 Å². The second-order valence-corrected chi connectivity index (χ2v) is 6.39. The van der Waals surface area contributed by atoms with E-state index in [9.17, 15) is 4.79 Å². The van der Waals surface area contributed by atoms with Gasteiger partial charge >= 0.3 is 0 Å². The van der Waals surface area contributed by atoms with Crippen LogP contribution in [0.2, 0.25) is 0 Å². The van der Waals surface area contributed by atoms with Crippen molar-refractivity contribution in [2.24, 2.45) is 0 Å². The number of rotatable bonds is 5. The van der Waals surface area contributed by atoms with Crippen LogP contribution >= 0.6 is 11.3 Å². The zero-order valence-corrected chi connectivity index (χ0v) is 13.3. The van der Waals surface area contributed by atoms with Crippen LogP contribution in [0, 0.1) is 6.92 Å². The van der Waals surface area contributed by atoms with Gasteiger partial charge in [0.05, 0.1) is 21.6 Å². The van der Waals surface area contributed by atoms with Gasteiger partial charge in [-0.3, -0.25) is 4.79 Å². The van der Waals surface area contributed by atoms with Gasteiger partial charge in [0, 0.05) is 13.0 Å². The predicted octanol–water partition coefficient (Wildman–Crippen LogP) is 3.51. The van der Waals surface area contributed by atoms with Crippen LogP contribution in [0.4, 0.5) is 0 Å². The molecule has 3 nitrogen and oxygen atoms in total. The molecular weight excluding hydrogens is 292 g/mol. The molecule has 0 aliphatic rings. The Morgan fingerprint density at radius 3 is 2.73 bits per heavy atom. The molecule has 112 valence electrons. The topological polar surface area (TPSA) is 42.0 Å². The van der Waals surface area contributed by atoms with Crippen molar-refractivity contribution in [2.75, 3.05) is 6.54 Å². The highest BCUT2D eigenvalue weighted by Crippen LogP contribution is 2.21. The Morgan fingerprint density at radius 1 is 1.14 bits per heavy atom. The highest BCUT2D eigenvalue weighted by Gasteiger charge is 2.07. The van der Waals surface area contributed by atoms with Crippen LogP contribution in [0.3, 0.4) is 0 Å². The summed E-state index contributed by atoms with van der Waals surface area (Å²) in [5.41, 5.74) is 3.28. The Hall–Kier alpha value is -2.20. The normalized spacial score (nSPS) is 10.8. The molecule has 1 aromatic heterocycles. The number of aryl methyl sites for hydroxylation is 1. The molecule has 0 saturated heterocycles. The van der Waals surface area contributed by atoms with Gasteiger partial charge in [0.2, 0.25) is 5.91 Å². The molecule has 0 fully saturated rings. The monoisotopic (exact) mass is 310 g/mol. The van der Waals surface area contributed by atoms with Gasteiger partial charge in [-0.1, -0.05) is 36.4 Å². The Morgan fingerprint density at radius 2 is 1.91 bits per heavy atom. The smallest absolute Gasteiger partial charge is 0.224 e. The molecule has 1 N–H and O–H groups in total. The van der Waals surface area contributed by atoms with E-state index >= 15 is 0 Å². The lowest BCUT2D eigenvalue weighted by Gasteiger charge is -2.06. The van der Waals surface area contributed by atoms with Gasteiger partial charge < -0.3 is 5.32 Å². The van der Waals surface area contributed by atoms with Gasteiger partial charge in [0.1, 0.15) is 0 Å². The van der Waals surface area contributed by atoms with Crippen molar-refractivity contribution in [2.45, 2.75) is 19.8 Å². The van der Waals surface area contributed by atoms with E-state index in [2.05, 4.69) is 16.4 Å². The fraction of sp³-hybridized carbons (Fsp3) is 0.222. The van der Waals surface area contributed by atoms with Crippen molar-refractivity contribution in [3.8, 4) is 0 Å². The summed E-state index contributed by atoms with van der Waals surface area (Å²) >= 11 is 1.69. The van der Waals surface area contributed by atoms with Crippen molar-refractivity contribution in [3.05, 3.63) is 64.7 Å². The predicted molar refractivity (Wildman–Crippen MR) is 91.2 cm³/mol. The fourth-order valence-electron chi connectivity index (χ4n) is 2.38. The number of nitrogens with one attached hydrogen (secondary N) is 1. The summed E-state index contributed by atoms with van der Waals surface area (Å²) in [5, 5.41) is 4.05. The molecule has 0 aliphatic heterocycles. The Bertz CT molecular complexity index is 761. The zero-order valence-electron chi connectivity index (χ0n) is 12.5. The van der Waals surface area contributed by atoms with Crippen LogP contribution in [0.25, 0.3) is 10.2 Å². The van der Waals surface area contributed by atoms with Crippen LogP contribution in [0.1, 0.15) is 16.1 Å². The highest BCUT2D eigenvalue weighted by atomic mass is 32.1. The molecule has 1 heterocycles. The van der Waals surface area contributed by atoms with Gasteiger partial charge in [-0.25, -0.2) is 4.98 Å². The third-order valence-corrected chi connectivity index (χ3v) is 4.71. The first-order chi connectivity index (χ1) is 10.7. The lowest BCUT2D eigenvalue weighted by Crippen LogP contribution is -2.27. The molecule has 3 aromatic rings. The average Bonchev–Trinajstić information content (AvgIpc) is 2.92. The molecule has 0 aliphatic carbocycles. The molecule has 3 rings (SSSR count). The van der Waals surface area contributed by atoms with E-state index in [1.165, 1.54) is 4.70 Å². The second kappa shape index (κ2) is 6.71. The summed E-state index contributed by atoms with van der Waals surface area (Å²) in [6, 6.07) is 16.1. The molecule has 2 aromatic carbocycles. The summed E-state index contributed by atoms with van der Waals surface area (Å²) in [6.07, 6.45) is 1.21. The molecule has 4 heteroatoms. The van der Waals surface area contributed by atoms with Crippen molar-refractivity contribution in [1.29, 1.82) is 0 Å². The quantitative estimate of drug-likeness (QED) is 0.783. The molecule has 0 bridgehead atoms. The van der Waals surface area contributed by atoms with Gasteiger partial charge in [-0.05, 0) is 30.2 Å². The maximum Gasteiger partial charge on any atom is 0.224 e. The lowest BCUT2D eigenvalue weighted by molar-refractivity contribution is -0.120. The van der Waals surface area contributed by atoms with Crippen molar-refractivity contribution < 1.29 is 4.79 Å². The van der Waals surface area contributed by atoms with Gasteiger partial charge in [-0.15, -0.1) is 11.3 Å². The fourth-order valence-corrected chi connectivity index (χ4v) is 3.35. The lowest BCUT2D eigenvalue weighted by atomic mass is 10.1. The molecule has 0 saturated carbocycles. The number of hydrogen-bond donors (Lipinski definition) is 1. The summed E-state index contributed by atoms with van der Waals surface area (Å²) in [6.45, 7) is 2.66. The van der Waals surface area contributed by atoms with E-state index in [0.717, 1.165) is 28.1 Å². The number of hydrogen-bond acceptors (Lipinski definition) is 3. The minimum absolute atomic E-state index is 0.0652. The Kier molecular flexibility index (Phi) is 4.49. The number of para-hydroxylation sites is 1. The number of aromatic nitrogens is 1. The summed E-state index contributed by atoms with van der Waals surface area (Å²) in [7, 11) is 0. The van der Waals surface area contributed by atoms with Gasteiger partial charge in [0.25, 0.3) is 0 Å². The average molecular weight is 310 g/mol. The molecule has 0 atom stereocenters. The van der Waals surface area contributed by atoms with Crippen molar-refractivity contribution >= 4 is 27.5 Å². The maximum absolute atomic E-state index is 12.0. The highest BCUT2D eigenvalue weighted by molar-refractivity contribution is 7.18. The molecule has 0 spiro atoms. The van der Waals surface area contributed by atoms with Gasteiger partial charge in [0.15, 0.2) is 0 Å². The van der Waals surface area contributed by atoms with Crippen LogP contribution in [-0.4, -0.2) is 17.4 Å². The standard InChI is InChI=1S/C18H18N2OS/c1-13-6-2-3-7-14(13)12-17(21)19-11-10-18-20-15-8-4-5-9-16(15)22-18/h2-9H,10-12H2,1H3,(H,19,21). The molecule has 0 unspecified atom stereocenters. The summed E-state index contributed by atoms with van der Waals surface area (Å²) in [5.74, 6) is 0.0652. The largest absolute Gasteiger partial charge is 0.355 e. The second-order valence-electron chi connectivity index (χ2n) is 5.28. The number of carbonyl (C=O) groups is 1. The van der Waals surface area contributed by atoms with Crippen LogP contribution < -0.4 is 5.32 Å². The van der Waals surface area contributed by atoms with Crippen LogP contribution in [-0.2, 0) is 17.6 Å². The number of fused-ring (bicyclic) bond motifs is 1. The van der Waals surface area contributed by atoms with Gasteiger partial charge in [-0.2, -0.15) is 0 Å². The Labute approximate surface area is 134 Å². The van der Waals surface area contributed by atoms with E-state index in [1.807, 2.05) is 49.4 Å². The zero-order chi connectivity index (χ0) is 15.4. The summed E-state index contributed by atoms with van der Waals surface area (Å²) in [4.78, 5) is 16.6. The first kappa shape index (κ1) is 14.7. The van der Waals surface area contributed by atoms with E-state index < -0.39 is 0 Å². The summed E-state index contributed by atoms with van der Waals surface area (Å²) < 4.78 is 1.20. The van der Waals surface area contributed by atoms with E-state index in [1.54, 1.807) is 11.3 Å². The number of nitrogens with zero attached hydrogens (tertiary/aromatic N) is 1. The minimum Gasteiger partial charge on any atom is -0.355 e. The first-order valence-corrected chi connectivity index (χ1v) is 8.19. The molecule has 22 heavy (non-hydrogen) atoms. The minimum atomic E-state index is 0.0652. The van der Waals surface area contributed by atoms with Crippen LogP contribution in [0.15, 0.2) is 48.5 Å². The number of amides is 1. The first-order valence-electron chi connectivity index (χ1n) is 7.38. The third-order valence-electron chi connectivity index (χ3n) is 3.61. The van der Waals surface area contributed by atoms with Crippen molar-refractivity contribution in [3.63, 3.8) is 0 Å². The van der Waals surface area contributed by atoms with Crippen molar-refractivity contribution in [1.82, 2.24) is 10.3 Å². The third kappa shape index (κ3) is 3.52. The Balaban J connectivity index is 1.52. The molecule has 0 radical (unpaired) electrons. The number of carbonyl (C=O) groups excluding carboxylic acids is 1. The maximum atomic E-state index is 12.0. The molecular formula is C18H18N2OS. The SMILES string of the molecule is Cc1ccccc1CC(=O)NCCc1nc2ccccc2s1. The molecule has 1 amide bonds. The van der Waals surface area contributed by atoms with E-state index in [0.29, 0.717) is 13.0 Å². The van der Waals surface area contributed by atoms with E-state index in [-0.39, 0.29) is 5.91 Å². The number of benzene rings is 2. The number of thiazole rings is 1.